The molecule has 1 aliphatic rings. The molecule has 146 heavy (non-hydrogen) atoms. The topological polar surface area (TPSA) is 830 Å². The van der Waals surface area contributed by atoms with Crippen LogP contribution < -0.4 is 106 Å². The van der Waals surface area contributed by atoms with Gasteiger partial charge in [0.2, 0.25) is 112 Å². The number of rotatable bonds is 62. The van der Waals surface area contributed by atoms with Crippen LogP contribution in [0.4, 0.5) is 0 Å². The first-order valence-corrected chi connectivity index (χ1v) is 47.2. The van der Waals surface area contributed by atoms with Gasteiger partial charge in [-0.25, -0.2) is 4.79 Å². The minimum Gasteiger partial charge on any atom is -0.508 e. The van der Waals surface area contributed by atoms with Crippen LogP contribution in [0.5, 0.6) is 5.75 Å². The Morgan fingerprint density at radius 1 is 0.356 bits per heavy atom. The Kier molecular flexibility index (Phi) is 48.8. The number of phenolic OH excluding ortho intramolecular Hbond substituents is 1. The summed E-state index contributed by atoms with van der Waals surface area (Å²) < 4.78 is 0. The molecule has 53 nitrogen and oxygen atoms in total. The zero-order valence-corrected chi connectivity index (χ0v) is 81.6. The lowest BCUT2D eigenvalue weighted by molar-refractivity contribution is -0.142. The van der Waals surface area contributed by atoms with Gasteiger partial charge in [-0.05, 0) is 111 Å². The van der Waals surface area contributed by atoms with Crippen molar-refractivity contribution in [2.24, 2.45) is 17.8 Å². The Labute approximate surface area is 836 Å². The van der Waals surface area contributed by atoms with E-state index in [9.17, 15) is 151 Å². The van der Waals surface area contributed by atoms with Crippen LogP contribution in [-0.4, -0.2) is 348 Å². The fourth-order valence-corrected chi connectivity index (χ4v) is 15.0. The number of benzene rings is 3. The molecule has 0 radical (unpaired) electrons. The molecule has 1 aliphatic heterocycles. The largest absolute Gasteiger partial charge is 0.508 e. The van der Waals surface area contributed by atoms with Gasteiger partial charge in [0.1, 0.15) is 84.3 Å². The van der Waals surface area contributed by atoms with Crippen LogP contribution in [0.1, 0.15) is 130 Å². The van der Waals surface area contributed by atoms with Crippen LogP contribution in [0.2, 0.25) is 0 Å². The van der Waals surface area contributed by atoms with Crippen molar-refractivity contribution in [3.05, 3.63) is 102 Å². The van der Waals surface area contributed by atoms with Gasteiger partial charge in [-0.3, -0.25) is 101 Å². The molecule has 2 aromatic heterocycles. The number of carboxylic acid groups (broad SMARTS) is 3. The number of aliphatic carboxylic acids is 3. The highest BCUT2D eigenvalue weighted by molar-refractivity contribution is 6.02. The Hall–Kier alpha value is -15.4. The van der Waals surface area contributed by atoms with Crippen LogP contribution in [-0.2, 0) is 125 Å². The zero-order chi connectivity index (χ0) is 108. The first-order chi connectivity index (χ1) is 69.2. The highest BCUT2D eigenvalue weighted by Crippen LogP contribution is 2.24. The molecule has 0 aliphatic carbocycles. The molecule has 18 atom stereocenters. The molecule has 0 spiro atoms. The molecule has 0 saturated carbocycles. The number of H-pyrrole nitrogens is 2. The Balaban J connectivity index is 1.00. The van der Waals surface area contributed by atoms with Gasteiger partial charge in [-0.1, -0.05) is 103 Å². The minimum absolute atomic E-state index is 0.103. The van der Waals surface area contributed by atoms with E-state index in [0.717, 1.165) is 20.3 Å². The molecular formula is C93H132N22O31. The first-order valence-electron chi connectivity index (χ1n) is 47.2. The second-order valence-corrected chi connectivity index (χ2v) is 35.4. The summed E-state index contributed by atoms with van der Waals surface area (Å²) in [5.74, 6) is -26.3. The number of phenols is 1. The predicted octanol–water partition coefficient (Wildman–Crippen LogP) is -9.17. The van der Waals surface area contributed by atoms with Crippen molar-refractivity contribution in [3.8, 4) is 5.75 Å². The molecule has 5 aromatic rings. The van der Waals surface area contributed by atoms with Crippen molar-refractivity contribution in [2.45, 2.75) is 229 Å². The van der Waals surface area contributed by atoms with Crippen molar-refractivity contribution in [2.75, 3.05) is 65.6 Å². The molecule has 0 bridgehead atoms. The Bertz CT molecular complexity index is 5410. The second-order valence-electron chi connectivity index (χ2n) is 35.4. The van der Waals surface area contributed by atoms with E-state index in [-0.39, 0.29) is 50.2 Å². The quantitative estimate of drug-likeness (QED) is 0.0172. The van der Waals surface area contributed by atoms with E-state index in [0.29, 0.717) is 51.5 Å². The van der Waals surface area contributed by atoms with Gasteiger partial charge in [0, 0.05) is 66.3 Å². The fraction of sp³-hybridized carbons (Fsp3) is 0.527. The van der Waals surface area contributed by atoms with Crippen molar-refractivity contribution in [1.82, 2.24) is 116 Å². The first kappa shape index (κ1) is 119. The molecule has 53 heteroatoms. The molecule has 1 fully saturated rings. The number of hydrogen-bond acceptors (Lipinski definition) is 29. The predicted molar refractivity (Wildman–Crippen MR) is 514 cm³/mol. The summed E-state index contributed by atoms with van der Waals surface area (Å²) in [5, 5.41) is 139. The van der Waals surface area contributed by atoms with Crippen molar-refractivity contribution in [1.29, 1.82) is 0 Å². The highest BCUT2D eigenvalue weighted by atomic mass is 16.4. The lowest BCUT2D eigenvalue weighted by atomic mass is 9.96. The number of hydrogen-bond donors (Lipinski definition) is 31. The maximum absolute atomic E-state index is 14.8. The third-order valence-electron chi connectivity index (χ3n) is 23.5. The number of carbonyl (C=O) groups is 22. The summed E-state index contributed by atoms with van der Waals surface area (Å²) >= 11 is 0. The number of amides is 19. The van der Waals surface area contributed by atoms with Crippen molar-refractivity contribution in [3.63, 3.8) is 0 Å². The standard InChI is InChI=1S/C93H132N22O31/c1-9-46(5)76(113-87(139)63(33-52-35-96-57-19-14-12-17-55(52)57)108-84(136)60(26-28-75(130)131)107-85(137)61(30-45(3)4)104-71(125)39-100-81(133)59(25-27-74(128)129)103-70(124)38-99-80(132)58-20-15-29-94-58)89(141)102-41-73(127)112-78(48(7)119)92(144)114-77(47(6)10-2)90(142)111-66(43-117)83(135)98-36-68(122)97-37-69(123)105-65(42-116)82(134)101-40-72(126)106-67(44-118)88(140)115-79(49(8)120)91(143)109-62(32-51-34-95-56-18-13-11-16-54(51)56)86(138)110-64(93(145)146)31-50-21-23-53(121)24-22-50/h11-14,16-19,21-24,34-35,45-49,58-67,76-79,94-96,116-121H,9-10,15,20,25-33,36-44H2,1-8H3,(H,97,122)(H,98,135)(H,99,132)(H,100,133)(H,101,134)(H,102,141)(H,103,124)(H,104,125)(H,105,123)(H,106,126)(H,107,137)(H,108,136)(H,109,143)(H,110,138)(H,111,142)(H,112,127)(H,113,139)(H,114,144)(H,115,140)(H,128,129)(H,130,131)(H,145,146)/t46-,47-,48+,49+,58-,59-,60-,61-,62-,63-,64-,65-,66-,67-,76-,77-,78-,79-/m0/s1. The number of aromatic nitrogens is 2. The monoisotopic (exact) mass is 2050 g/mol. The Morgan fingerprint density at radius 3 is 1.18 bits per heavy atom. The van der Waals surface area contributed by atoms with E-state index >= 15 is 0 Å². The molecule has 31 N–H and O–H groups in total. The molecule has 3 heterocycles. The normalized spacial score (nSPS) is 15.7. The van der Waals surface area contributed by atoms with Gasteiger partial charge in [-0.15, -0.1) is 0 Å². The van der Waals surface area contributed by atoms with E-state index in [4.69, 9.17) is 0 Å². The van der Waals surface area contributed by atoms with Gasteiger partial charge in [-0.2, -0.15) is 0 Å². The zero-order valence-electron chi connectivity index (χ0n) is 81.6. The van der Waals surface area contributed by atoms with E-state index in [2.05, 4.69) is 116 Å². The number of aromatic amines is 2. The van der Waals surface area contributed by atoms with Crippen molar-refractivity contribution >= 4 is 152 Å². The molecule has 3 aromatic carbocycles. The number of aliphatic hydroxyl groups is 5. The number of fused-ring (bicyclic) bond motifs is 2. The van der Waals surface area contributed by atoms with Crippen LogP contribution in [0, 0.1) is 17.8 Å². The van der Waals surface area contributed by atoms with Gasteiger partial charge in [0.25, 0.3) is 0 Å². The second kappa shape index (κ2) is 59.7. The van der Waals surface area contributed by atoms with Crippen LogP contribution >= 0.6 is 0 Å². The van der Waals surface area contributed by atoms with E-state index in [1.807, 2.05) is 0 Å². The summed E-state index contributed by atoms with van der Waals surface area (Å²) in [6, 6.07) is -3.31. The number of aliphatic hydroxyl groups excluding tert-OH is 5. The molecule has 800 valence electrons. The minimum atomic E-state index is -1.91. The van der Waals surface area contributed by atoms with Crippen molar-refractivity contribution < 1.29 is 151 Å². The van der Waals surface area contributed by atoms with E-state index in [1.165, 1.54) is 31.2 Å². The lowest BCUT2D eigenvalue weighted by Gasteiger charge is -2.29. The number of aromatic hydroxyl groups is 1. The molecular weight excluding hydrogens is 1920 g/mol. The number of carboxylic acids is 3. The van der Waals surface area contributed by atoms with Gasteiger partial charge < -0.3 is 162 Å². The lowest BCUT2D eigenvalue weighted by Crippen LogP contribution is -2.61. The Morgan fingerprint density at radius 2 is 0.705 bits per heavy atom. The SMILES string of the molecule is CC[C@H](C)[C@H](NC(=O)[C@H](Cc1c[nH]c2ccccc12)NC(=O)[C@H](CCC(=O)O)NC(=O)[C@H](CC(C)C)NC(=O)CNC(=O)[C@H](CCC(=O)O)NC(=O)CNC(=O)[C@@H]1CCCN1)C(=O)NCC(=O)N[C@H](C(=O)N[C@H](C(=O)N[C@@H](CO)C(=O)NCC(=O)NCC(=O)N[C@@H](CO)C(=O)NCC(=O)N[C@@H](CO)C(=O)N[C@H](C(=O)N[C@@H](Cc1c[nH]c2ccccc12)C(=O)N[C@@H](Cc1ccc(O)cc1)C(=O)O)[C@@H](C)O)[C@@H](C)CC)[C@@H](C)O. The average molecular weight is 2050 g/mol. The summed E-state index contributed by atoms with van der Waals surface area (Å²) in [5.41, 5.74) is 2.58. The molecule has 19 amide bonds. The summed E-state index contributed by atoms with van der Waals surface area (Å²) in [6.07, 6.45) is -2.12. The summed E-state index contributed by atoms with van der Waals surface area (Å²) in [7, 11) is 0. The van der Waals surface area contributed by atoms with Gasteiger partial charge in [0.05, 0.1) is 77.3 Å². The van der Waals surface area contributed by atoms with Gasteiger partial charge in [0.15, 0.2) is 0 Å². The molecule has 6 rings (SSSR count). The van der Waals surface area contributed by atoms with Crippen LogP contribution in [0.3, 0.4) is 0 Å². The highest BCUT2D eigenvalue weighted by Gasteiger charge is 2.41. The third kappa shape index (κ3) is 39.1. The summed E-state index contributed by atoms with van der Waals surface area (Å²) in [4.78, 5) is 301. The van der Waals surface area contributed by atoms with Crippen LogP contribution in [0.15, 0.2) is 85.2 Å². The number of nitrogens with one attached hydrogen (secondary N) is 22. The molecule has 1 saturated heterocycles. The third-order valence-corrected chi connectivity index (χ3v) is 23.5. The maximum atomic E-state index is 14.8. The van der Waals surface area contributed by atoms with Gasteiger partial charge >= 0.3 is 17.9 Å². The van der Waals surface area contributed by atoms with Crippen LogP contribution in [0.25, 0.3) is 21.8 Å². The fourth-order valence-electron chi connectivity index (χ4n) is 15.0. The average Bonchev–Trinajstić information content (AvgIpc) is 1.67. The number of carbonyl (C=O) groups excluding carboxylic acids is 19. The molecule has 0 unspecified atom stereocenters. The van der Waals surface area contributed by atoms with E-state index in [1.54, 1.807) is 95.5 Å². The van der Waals surface area contributed by atoms with E-state index < -0.39 is 324 Å². The smallest absolute Gasteiger partial charge is 0.326 e. The maximum Gasteiger partial charge on any atom is 0.326 e. The number of para-hydroxylation sites is 2. The summed E-state index contributed by atoms with van der Waals surface area (Å²) in [6.45, 7) is 3.84.